The van der Waals surface area contributed by atoms with Crippen molar-refractivity contribution in [3.05, 3.63) is 60.8 Å². The zero-order valence-corrected chi connectivity index (χ0v) is 20.2. The lowest BCUT2D eigenvalue weighted by Gasteiger charge is -2.28. The number of nitrogens with two attached hydrogens (primary N) is 1. The molecule has 5 rings (SSSR count). The summed E-state index contributed by atoms with van der Waals surface area (Å²) in [6.45, 7) is 4.08. The van der Waals surface area contributed by atoms with Gasteiger partial charge in [0.15, 0.2) is 17.5 Å². The van der Waals surface area contributed by atoms with Gasteiger partial charge in [-0.05, 0) is 37.5 Å². The first-order valence-electron chi connectivity index (χ1n) is 11.8. The molecule has 1 aromatic carbocycles. The zero-order valence-electron chi connectivity index (χ0n) is 20.2. The minimum Gasteiger partial charge on any atom is -0.507 e. The lowest BCUT2D eigenvalue weighted by Crippen LogP contribution is -2.36. The number of phenolic OH excluding ortho intramolecular Hbond substituents is 1. The lowest BCUT2D eigenvalue weighted by molar-refractivity contribution is 0.477. The van der Waals surface area contributed by atoms with E-state index in [9.17, 15) is 9.50 Å². The number of nitrogens with zero attached hydrogens (tertiary/aromatic N) is 9. The van der Waals surface area contributed by atoms with Crippen LogP contribution < -0.4 is 15.5 Å². The number of phenols is 1. The Morgan fingerprint density at radius 2 is 2.05 bits per heavy atom. The van der Waals surface area contributed by atoms with E-state index in [0.29, 0.717) is 48.9 Å². The minimum absolute atomic E-state index is 0.000910. The summed E-state index contributed by atoms with van der Waals surface area (Å²) in [6.07, 6.45) is 4.87. The van der Waals surface area contributed by atoms with Crippen molar-refractivity contribution in [2.24, 2.45) is 0 Å². The minimum atomic E-state index is -0.506. The molecule has 1 fully saturated rings. The van der Waals surface area contributed by atoms with Crippen molar-refractivity contribution in [1.82, 2.24) is 34.9 Å². The van der Waals surface area contributed by atoms with Crippen LogP contribution >= 0.6 is 0 Å². The summed E-state index contributed by atoms with van der Waals surface area (Å²) in [6, 6.07) is 8.76. The smallest absolute Gasteiger partial charge is 0.207 e. The molecule has 1 aliphatic rings. The molecular formula is C25H25FN10O. The molecule has 188 valence electrons. The summed E-state index contributed by atoms with van der Waals surface area (Å²) in [7, 11) is 0. The summed E-state index contributed by atoms with van der Waals surface area (Å²) < 4.78 is 16.4. The van der Waals surface area contributed by atoms with E-state index in [1.165, 1.54) is 6.33 Å². The van der Waals surface area contributed by atoms with Gasteiger partial charge in [0.05, 0.1) is 17.6 Å². The Bertz CT molecular complexity index is 1450. The van der Waals surface area contributed by atoms with E-state index < -0.39 is 5.82 Å². The average molecular weight is 501 g/mol. The maximum absolute atomic E-state index is 14.9. The highest BCUT2D eigenvalue weighted by molar-refractivity contribution is 5.74. The number of aromatic hydroxyl groups is 1. The fourth-order valence-corrected chi connectivity index (χ4v) is 4.21. The summed E-state index contributed by atoms with van der Waals surface area (Å²) in [4.78, 5) is 16.3. The van der Waals surface area contributed by atoms with Crippen molar-refractivity contribution >= 4 is 17.3 Å². The number of hydrogen-bond donors (Lipinski definition) is 2. The Kier molecular flexibility index (Phi) is 6.76. The first-order chi connectivity index (χ1) is 18.0. The second-order valence-corrected chi connectivity index (χ2v) is 8.60. The largest absolute Gasteiger partial charge is 0.507 e. The molecule has 3 aromatic heterocycles. The third-order valence-corrected chi connectivity index (χ3v) is 6.19. The maximum atomic E-state index is 14.9. The van der Waals surface area contributed by atoms with Crippen LogP contribution in [0.25, 0.3) is 11.3 Å². The summed E-state index contributed by atoms with van der Waals surface area (Å²) >= 11 is 0. The topological polar surface area (TPSA) is 135 Å². The molecule has 4 heterocycles. The quantitative estimate of drug-likeness (QED) is 0.401. The van der Waals surface area contributed by atoms with Crippen LogP contribution in [0.2, 0.25) is 0 Å². The normalized spacial score (nSPS) is 15.7. The number of aromatic nitrogens is 7. The molecule has 0 spiro atoms. The molecule has 1 saturated heterocycles. The second kappa shape index (κ2) is 10.4. The van der Waals surface area contributed by atoms with Crippen LogP contribution in [0.3, 0.4) is 0 Å². The van der Waals surface area contributed by atoms with Gasteiger partial charge in [-0.1, -0.05) is 18.1 Å². The Hall–Kier alpha value is -4.79. The fourth-order valence-electron chi connectivity index (χ4n) is 4.21. The summed E-state index contributed by atoms with van der Waals surface area (Å²) in [5, 5.41) is 22.5. The average Bonchev–Trinajstić information content (AvgIpc) is 3.34. The van der Waals surface area contributed by atoms with Crippen molar-refractivity contribution in [1.29, 1.82) is 0 Å². The molecule has 11 nitrogen and oxygen atoms in total. The van der Waals surface area contributed by atoms with Crippen molar-refractivity contribution in [3.63, 3.8) is 0 Å². The van der Waals surface area contributed by atoms with Gasteiger partial charge in [-0.15, -0.1) is 10.2 Å². The number of hydrogen-bond acceptors (Lipinski definition) is 10. The maximum Gasteiger partial charge on any atom is 0.207 e. The van der Waals surface area contributed by atoms with Gasteiger partial charge in [0.1, 0.15) is 24.9 Å². The molecule has 0 unspecified atom stereocenters. The van der Waals surface area contributed by atoms with Gasteiger partial charge >= 0.3 is 0 Å². The van der Waals surface area contributed by atoms with E-state index >= 15 is 0 Å². The van der Waals surface area contributed by atoms with E-state index in [2.05, 4.69) is 47.0 Å². The Morgan fingerprint density at radius 3 is 2.86 bits per heavy atom. The fraction of sp³-hybridized carbons (Fsp3) is 0.280. The van der Waals surface area contributed by atoms with Crippen LogP contribution in [0.4, 0.5) is 21.7 Å². The summed E-state index contributed by atoms with van der Waals surface area (Å²) in [5.41, 5.74) is 8.00. The number of rotatable bonds is 4. The first-order valence-corrected chi connectivity index (χ1v) is 11.8. The molecule has 0 radical (unpaired) electrons. The van der Waals surface area contributed by atoms with Crippen LogP contribution in [-0.2, 0) is 6.54 Å². The van der Waals surface area contributed by atoms with Gasteiger partial charge in [-0.25, -0.2) is 24.0 Å². The van der Waals surface area contributed by atoms with Gasteiger partial charge in [-0.3, -0.25) is 0 Å². The van der Waals surface area contributed by atoms with Gasteiger partial charge in [0.25, 0.3) is 0 Å². The molecule has 1 atom stereocenters. The predicted octanol–water partition coefficient (Wildman–Crippen LogP) is 2.11. The monoisotopic (exact) mass is 500 g/mol. The van der Waals surface area contributed by atoms with Crippen molar-refractivity contribution < 1.29 is 9.50 Å². The predicted molar refractivity (Wildman–Crippen MR) is 136 cm³/mol. The van der Waals surface area contributed by atoms with E-state index in [0.717, 1.165) is 12.6 Å². The highest BCUT2D eigenvalue weighted by Gasteiger charge is 2.26. The number of nitrogen functional groups attached to an aromatic ring is 1. The van der Waals surface area contributed by atoms with Gasteiger partial charge in [0.2, 0.25) is 5.82 Å². The van der Waals surface area contributed by atoms with E-state index in [4.69, 9.17) is 5.73 Å². The van der Waals surface area contributed by atoms with Gasteiger partial charge < -0.3 is 20.6 Å². The molecule has 0 saturated carbocycles. The highest BCUT2D eigenvalue weighted by Crippen LogP contribution is 2.32. The number of anilines is 3. The number of benzene rings is 1. The van der Waals surface area contributed by atoms with Crippen LogP contribution in [0.5, 0.6) is 5.75 Å². The Morgan fingerprint density at radius 1 is 1.19 bits per heavy atom. The van der Waals surface area contributed by atoms with Crippen LogP contribution in [0.1, 0.15) is 19.2 Å². The van der Waals surface area contributed by atoms with Crippen molar-refractivity contribution in [3.8, 4) is 28.8 Å². The van der Waals surface area contributed by atoms with Crippen molar-refractivity contribution in [2.45, 2.75) is 25.9 Å². The SMILES string of the molecule is C[C@H]1CCN(c2cc(-c3ccccc3O)nnc2N)CCN1c1nc(C#CCn2cncn2)ncc1F. The van der Waals surface area contributed by atoms with Crippen molar-refractivity contribution in [2.75, 3.05) is 35.2 Å². The first kappa shape index (κ1) is 23.9. The van der Waals surface area contributed by atoms with E-state index in [1.807, 2.05) is 24.0 Å². The van der Waals surface area contributed by atoms with E-state index in [1.54, 1.807) is 29.2 Å². The molecule has 0 bridgehead atoms. The number of halogens is 1. The second-order valence-electron chi connectivity index (χ2n) is 8.60. The van der Waals surface area contributed by atoms with Crippen LogP contribution in [0.15, 0.2) is 49.2 Å². The van der Waals surface area contributed by atoms with Crippen LogP contribution in [-0.4, -0.2) is 65.7 Å². The third-order valence-electron chi connectivity index (χ3n) is 6.19. The molecule has 12 heteroatoms. The molecule has 4 aromatic rings. The molecule has 3 N–H and O–H groups in total. The van der Waals surface area contributed by atoms with Gasteiger partial charge in [-0.2, -0.15) is 5.10 Å². The highest BCUT2D eigenvalue weighted by atomic mass is 19.1. The third kappa shape index (κ3) is 5.25. The Labute approximate surface area is 212 Å². The molecule has 1 aliphatic heterocycles. The standard InChI is InChI=1S/C25H25FN10O/c1-17-8-10-34(21-13-20(32-33-24(21)27)18-5-2-3-6-22(18)37)11-12-36(17)25-19(26)14-29-23(31-25)7-4-9-35-16-28-15-30-35/h2-3,5-6,13-17,37H,8-12H2,1H3,(H2,27,33)/t17-/m0/s1. The zero-order chi connectivity index (χ0) is 25.8. The van der Waals surface area contributed by atoms with E-state index in [-0.39, 0.29) is 23.4 Å². The molecule has 37 heavy (non-hydrogen) atoms. The number of para-hydroxylation sites is 1. The Balaban J connectivity index is 1.36. The molecule has 0 amide bonds. The van der Waals surface area contributed by atoms with Crippen LogP contribution in [0, 0.1) is 17.7 Å². The lowest BCUT2D eigenvalue weighted by atomic mass is 10.1. The van der Waals surface area contributed by atoms with Gasteiger partial charge in [0, 0.05) is 31.2 Å². The summed E-state index contributed by atoms with van der Waals surface area (Å²) in [5.74, 6) is 6.15. The molecule has 0 aliphatic carbocycles. The molecular weight excluding hydrogens is 475 g/mol.